The summed E-state index contributed by atoms with van der Waals surface area (Å²) in [4.78, 5) is 31.9. The van der Waals surface area contributed by atoms with Crippen LogP contribution in [0.1, 0.15) is 30.5 Å². The van der Waals surface area contributed by atoms with Crippen LogP contribution in [0.25, 0.3) is 11.4 Å². The van der Waals surface area contributed by atoms with Crippen molar-refractivity contribution >= 4 is 17.4 Å². The Bertz CT molecular complexity index is 1040. The maximum Gasteiger partial charge on any atom is 0.236 e. The van der Waals surface area contributed by atoms with E-state index in [1.54, 1.807) is 0 Å². The maximum absolute atomic E-state index is 12.6. The van der Waals surface area contributed by atoms with E-state index < -0.39 is 0 Å². The number of anilines is 2. The van der Waals surface area contributed by atoms with E-state index in [9.17, 15) is 4.79 Å². The van der Waals surface area contributed by atoms with E-state index in [1.165, 1.54) is 31.6 Å². The monoisotopic (exact) mass is 506 g/mol. The quantitative estimate of drug-likeness (QED) is 0.500. The lowest BCUT2D eigenvalue weighted by Gasteiger charge is -2.34. The first-order chi connectivity index (χ1) is 18.1. The Morgan fingerprint density at radius 3 is 2.46 bits per heavy atom. The molecule has 0 unspecified atom stereocenters. The van der Waals surface area contributed by atoms with E-state index in [1.807, 2.05) is 11.9 Å². The second-order valence-electron chi connectivity index (χ2n) is 10.6. The molecule has 5 rings (SSSR count). The molecule has 1 aromatic heterocycles. The Hall–Kier alpha value is -2.75. The predicted molar refractivity (Wildman–Crippen MR) is 149 cm³/mol. The molecule has 1 aromatic carbocycles. The van der Waals surface area contributed by atoms with Crippen molar-refractivity contribution in [3.63, 3.8) is 0 Å². The standard InChI is InChI=1S/C28H42N8O/c1-29-20-26(37)36-15-10-24-25(21-36)31-27(32-28(24)30-11-5-14-34-12-3-4-13-34)22-6-8-23(9-7-22)35-18-16-33(2)17-19-35/h6-9,29H,3-5,10-21H2,1-2H3,(H,30,31,32). The van der Waals surface area contributed by atoms with Crippen LogP contribution in [0, 0.1) is 0 Å². The molecule has 0 aliphatic carbocycles. The van der Waals surface area contributed by atoms with E-state index in [0.717, 1.165) is 80.6 Å². The highest BCUT2D eigenvalue weighted by molar-refractivity contribution is 5.78. The first kappa shape index (κ1) is 25.9. The number of carbonyl (C=O) groups excluding carboxylic acids is 1. The molecule has 0 atom stereocenters. The summed E-state index contributed by atoms with van der Waals surface area (Å²) in [7, 11) is 3.99. The Balaban J connectivity index is 1.34. The van der Waals surface area contributed by atoms with Gasteiger partial charge in [0.25, 0.3) is 0 Å². The topological polar surface area (TPSA) is 79.9 Å². The number of fused-ring (bicyclic) bond motifs is 1. The van der Waals surface area contributed by atoms with Gasteiger partial charge in [0.2, 0.25) is 5.91 Å². The van der Waals surface area contributed by atoms with Crippen molar-refractivity contribution in [1.29, 1.82) is 0 Å². The summed E-state index contributed by atoms with van der Waals surface area (Å²) in [6, 6.07) is 8.66. The van der Waals surface area contributed by atoms with Crippen LogP contribution in [0.4, 0.5) is 11.5 Å². The van der Waals surface area contributed by atoms with Crippen molar-refractivity contribution in [2.24, 2.45) is 0 Å². The number of hydrogen-bond donors (Lipinski definition) is 2. The number of rotatable bonds is 9. The summed E-state index contributed by atoms with van der Waals surface area (Å²) in [5.41, 5.74) is 4.39. The van der Waals surface area contributed by atoms with Crippen molar-refractivity contribution in [3.8, 4) is 11.4 Å². The van der Waals surface area contributed by atoms with Gasteiger partial charge in [-0.3, -0.25) is 4.79 Å². The molecule has 4 heterocycles. The van der Waals surface area contributed by atoms with E-state index in [0.29, 0.717) is 19.6 Å². The summed E-state index contributed by atoms with van der Waals surface area (Å²) in [5, 5.41) is 6.62. The lowest BCUT2D eigenvalue weighted by molar-refractivity contribution is -0.131. The third-order valence-electron chi connectivity index (χ3n) is 7.88. The van der Waals surface area contributed by atoms with Crippen molar-refractivity contribution < 1.29 is 4.79 Å². The summed E-state index contributed by atoms with van der Waals surface area (Å²) < 4.78 is 0. The zero-order chi connectivity index (χ0) is 25.6. The third-order valence-corrected chi connectivity index (χ3v) is 7.88. The molecular weight excluding hydrogens is 464 g/mol. The zero-order valence-electron chi connectivity index (χ0n) is 22.5. The second-order valence-corrected chi connectivity index (χ2v) is 10.6. The Morgan fingerprint density at radius 1 is 0.973 bits per heavy atom. The van der Waals surface area contributed by atoms with Crippen LogP contribution >= 0.6 is 0 Å². The van der Waals surface area contributed by atoms with Crippen LogP contribution in [0.2, 0.25) is 0 Å². The number of hydrogen-bond acceptors (Lipinski definition) is 8. The van der Waals surface area contributed by atoms with Gasteiger partial charge >= 0.3 is 0 Å². The number of piperazine rings is 1. The number of nitrogens with zero attached hydrogens (tertiary/aromatic N) is 6. The SMILES string of the molecule is CNCC(=O)N1CCc2c(nc(-c3ccc(N4CCN(C)CC4)cc3)nc2NCCCN2CCCC2)C1. The molecule has 0 spiro atoms. The molecular formula is C28H42N8O. The third kappa shape index (κ3) is 6.40. The largest absolute Gasteiger partial charge is 0.370 e. The Kier molecular flexibility index (Phi) is 8.53. The van der Waals surface area contributed by atoms with Crippen molar-refractivity contribution in [2.45, 2.75) is 32.2 Å². The minimum atomic E-state index is 0.116. The van der Waals surface area contributed by atoms with Crippen LogP contribution in [0.15, 0.2) is 24.3 Å². The maximum atomic E-state index is 12.6. The predicted octanol–water partition coefficient (Wildman–Crippen LogP) is 1.90. The van der Waals surface area contributed by atoms with Gasteiger partial charge in [-0.15, -0.1) is 0 Å². The van der Waals surface area contributed by atoms with Gasteiger partial charge in [0.15, 0.2) is 5.82 Å². The molecule has 2 aromatic rings. The number of aromatic nitrogens is 2. The molecule has 37 heavy (non-hydrogen) atoms. The Morgan fingerprint density at radius 2 is 1.73 bits per heavy atom. The van der Waals surface area contributed by atoms with Crippen LogP contribution in [0.5, 0.6) is 0 Å². The van der Waals surface area contributed by atoms with Gasteiger partial charge in [-0.2, -0.15) is 0 Å². The van der Waals surface area contributed by atoms with Crippen LogP contribution in [-0.4, -0.2) is 110 Å². The summed E-state index contributed by atoms with van der Waals surface area (Å²) in [5.74, 6) is 1.78. The number of nitrogens with one attached hydrogen (secondary N) is 2. The van der Waals surface area contributed by atoms with Gasteiger partial charge in [-0.1, -0.05) is 0 Å². The fourth-order valence-corrected chi connectivity index (χ4v) is 5.58. The molecule has 3 aliphatic rings. The Labute approximate surface area is 221 Å². The summed E-state index contributed by atoms with van der Waals surface area (Å²) in [6.07, 6.45) is 4.53. The van der Waals surface area contributed by atoms with Crippen molar-refractivity contribution in [3.05, 3.63) is 35.5 Å². The van der Waals surface area contributed by atoms with E-state index in [-0.39, 0.29) is 5.91 Å². The van der Waals surface area contributed by atoms with Gasteiger partial charge in [-0.25, -0.2) is 9.97 Å². The average Bonchev–Trinajstić information content (AvgIpc) is 3.45. The number of carbonyl (C=O) groups is 1. The molecule has 0 bridgehead atoms. The molecule has 3 aliphatic heterocycles. The van der Waals surface area contributed by atoms with Gasteiger partial charge in [0.05, 0.1) is 18.8 Å². The summed E-state index contributed by atoms with van der Waals surface area (Å²) >= 11 is 0. The molecule has 2 saturated heterocycles. The first-order valence-electron chi connectivity index (χ1n) is 13.9. The minimum Gasteiger partial charge on any atom is -0.370 e. The van der Waals surface area contributed by atoms with Crippen LogP contribution in [0.3, 0.4) is 0 Å². The fourth-order valence-electron chi connectivity index (χ4n) is 5.58. The highest BCUT2D eigenvalue weighted by Gasteiger charge is 2.25. The molecule has 1 amide bonds. The van der Waals surface area contributed by atoms with E-state index in [2.05, 4.69) is 56.6 Å². The first-order valence-corrected chi connectivity index (χ1v) is 13.9. The van der Waals surface area contributed by atoms with Crippen molar-refractivity contribution in [1.82, 2.24) is 30.0 Å². The summed E-state index contributed by atoms with van der Waals surface area (Å²) in [6.45, 7) is 10.4. The number of amides is 1. The smallest absolute Gasteiger partial charge is 0.236 e. The van der Waals surface area contributed by atoms with Gasteiger partial charge in [0.1, 0.15) is 5.82 Å². The molecule has 200 valence electrons. The number of likely N-dealkylation sites (N-methyl/N-ethyl adjacent to an activating group) is 2. The molecule has 9 nitrogen and oxygen atoms in total. The molecule has 0 radical (unpaired) electrons. The van der Waals surface area contributed by atoms with Gasteiger partial charge < -0.3 is 30.2 Å². The lowest BCUT2D eigenvalue weighted by Crippen LogP contribution is -2.44. The highest BCUT2D eigenvalue weighted by Crippen LogP contribution is 2.29. The molecule has 2 fully saturated rings. The van der Waals surface area contributed by atoms with Crippen LogP contribution in [-0.2, 0) is 17.8 Å². The average molecular weight is 507 g/mol. The van der Waals surface area contributed by atoms with E-state index >= 15 is 0 Å². The van der Waals surface area contributed by atoms with E-state index in [4.69, 9.17) is 9.97 Å². The van der Waals surface area contributed by atoms with Crippen LogP contribution < -0.4 is 15.5 Å². The minimum absolute atomic E-state index is 0.116. The fraction of sp³-hybridized carbons (Fsp3) is 0.607. The van der Waals surface area contributed by atoms with Crippen molar-refractivity contribution in [2.75, 3.05) is 89.8 Å². The van der Waals surface area contributed by atoms with Gasteiger partial charge in [-0.05, 0) is 83.7 Å². The lowest BCUT2D eigenvalue weighted by atomic mass is 10.0. The number of likely N-dealkylation sites (tertiary alicyclic amines) is 1. The number of benzene rings is 1. The molecule has 9 heteroatoms. The highest BCUT2D eigenvalue weighted by atomic mass is 16.2. The molecule has 0 saturated carbocycles. The second kappa shape index (κ2) is 12.2. The zero-order valence-corrected chi connectivity index (χ0v) is 22.5. The van der Waals surface area contributed by atoms with Gasteiger partial charge in [0, 0.05) is 56.1 Å². The molecule has 2 N–H and O–H groups in total. The normalized spacial score (nSPS) is 18.8.